The molecule has 2 aromatic rings. The minimum atomic E-state index is -0.530. The Balaban J connectivity index is 2.13. The molecule has 1 heterocycles. The van der Waals surface area contributed by atoms with E-state index in [1.807, 2.05) is 6.92 Å². The van der Waals surface area contributed by atoms with E-state index < -0.39 is 5.97 Å². The second kappa shape index (κ2) is 7.26. The van der Waals surface area contributed by atoms with Crippen molar-refractivity contribution in [3.63, 3.8) is 0 Å². The Labute approximate surface area is 135 Å². The van der Waals surface area contributed by atoms with Gasteiger partial charge in [0.1, 0.15) is 0 Å². The number of nitrogens with zero attached hydrogens (tertiary/aromatic N) is 2. The van der Waals surface area contributed by atoms with Crippen molar-refractivity contribution in [2.24, 2.45) is 0 Å². The molecule has 0 aliphatic rings. The molecule has 118 valence electrons. The van der Waals surface area contributed by atoms with Crippen molar-refractivity contribution in [2.45, 2.75) is 20.5 Å². The molecule has 8 heteroatoms. The van der Waals surface area contributed by atoms with Crippen LogP contribution in [0.2, 0.25) is 0 Å². The van der Waals surface area contributed by atoms with Gasteiger partial charge in [0.25, 0.3) is 5.89 Å². The fourth-order valence-electron chi connectivity index (χ4n) is 1.73. The number of carbonyl (C=O) groups is 1. The van der Waals surface area contributed by atoms with E-state index in [-0.39, 0.29) is 12.5 Å². The van der Waals surface area contributed by atoms with Crippen molar-refractivity contribution < 1.29 is 23.5 Å². The van der Waals surface area contributed by atoms with Gasteiger partial charge in [-0.25, -0.2) is 4.79 Å². The highest BCUT2D eigenvalue weighted by atomic mass is 79.9. The largest absolute Gasteiger partial charge is 0.493 e. The van der Waals surface area contributed by atoms with Gasteiger partial charge in [-0.3, -0.25) is 0 Å². The molecule has 0 amide bonds. The standard InChI is InChI=1S/C14H15BrN2O5/c1-4-20-13-10(15)5-9(6-11(13)19-3)14(18)21-7-12-16-8(2)17-22-12/h5-6H,4,7H2,1-3H3. The van der Waals surface area contributed by atoms with Crippen LogP contribution < -0.4 is 9.47 Å². The zero-order valence-corrected chi connectivity index (χ0v) is 14.0. The average molecular weight is 371 g/mol. The van der Waals surface area contributed by atoms with E-state index in [0.717, 1.165) is 0 Å². The van der Waals surface area contributed by atoms with Crippen LogP contribution in [0.5, 0.6) is 11.5 Å². The molecule has 0 N–H and O–H groups in total. The first-order valence-electron chi connectivity index (χ1n) is 6.51. The van der Waals surface area contributed by atoms with E-state index in [2.05, 4.69) is 26.1 Å². The Morgan fingerprint density at radius 1 is 1.41 bits per heavy atom. The van der Waals surface area contributed by atoms with Crippen LogP contribution in [0.15, 0.2) is 21.1 Å². The first kappa shape index (κ1) is 16.3. The zero-order chi connectivity index (χ0) is 16.1. The molecule has 0 atom stereocenters. The third kappa shape index (κ3) is 3.76. The molecule has 22 heavy (non-hydrogen) atoms. The Kier molecular flexibility index (Phi) is 5.37. The van der Waals surface area contributed by atoms with E-state index in [0.29, 0.717) is 34.0 Å². The van der Waals surface area contributed by atoms with Gasteiger partial charge in [0.2, 0.25) is 0 Å². The van der Waals surface area contributed by atoms with Gasteiger partial charge in [-0.1, -0.05) is 5.16 Å². The van der Waals surface area contributed by atoms with E-state index in [4.69, 9.17) is 18.7 Å². The lowest BCUT2D eigenvalue weighted by Gasteiger charge is -2.12. The molecule has 1 aromatic carbocycles. The maximum atomic E-state index is 12.1. The molecule has 0 aliphatic heterocycles. The maximum absolute atomic E-state index is 12.1. The number of benzene rings is 1. The summed E-state index contributed by atoms with van der Waals surface area (Å²) in [6.07, 6.45) is 0. The van der Waals surface area contributed by atoms with Crippen LogP contribution in [0.1, 0.15) is 29.0 Å². The molecule has 0 radical (unpaired) electrons. The Bertz CT molecular complexity index is 671. The summed E-state index contributed by atoms with van der Waals surface area (Å²) >= 11 is 3.35. The normalized spacial score (nSPS) is 10.4. The molecule has 0 saturated carbocycles. The number of carbonyl (C=O) groups excluding carboxylic acids is 1. The van der Waals surface area contributed by atoms with E-state index in [1.54, 1.807) is 19.1 Å². The summed E-state index contributed by atoms with van der Waals surface area (Å²) in [6, 6.07) is 3.16. The van der Waals surface area contributed by atoms with Gasteiger partial charge in [-0.15, -0.1) is 0 Å². The molecule has 0 unspecified atom stereocenters. The van der Waals surface area contributed by atoms with Gasteiger partial charge in [0.15, 0.2) is 23.9 Å². The second-order valence-electron chi connectivity index (χ2n) is 4.23. The van der Waals surface area contributed by atoms with Gasteiger partial charge in [-0.2, -0.15) is 4.98 Å². The summed E-state index contributed by atoms with van der Waals surface area (Å²) in [5, 5.41) is 3.62. The third-order valence-corrected chi connectivity index (χ3v) is 3.24. The van der Waals surface area contributed by atoms with Gasteiger partial charge in [-0.05, 0) is 41.9 Å². The highest BCUT2D eigenvalue weighted by molar-refractivity contribution is 9.10. The first-order chi connectivity index (χ1) is 10.5. The van der Waals surface area contributed by atoms with Crippen molar-refractivity contribution in [2.75, 3.05) is 13.7 Å². The van der Waals surface area contributed by atoms with Crippen LogP contribution in [-0.2, 0) is 11.3 Å². The van der Waals surface area contributed by atoms with Gasteiger partial charge in [0, 0.05) is 0 Å². The molecule has 0 fully saturated rings. The number of rotatable bonds is 6. The number of halogens is 1. The van der Waals surface area contributed by atoms with Crippen LogP contribution in [0.4, 0.5) is 0 Å². The highest BCUT2D eigenvalue weighted by Gasteiger charge is 2.17. The van der Waals surface area contributed by atoms with Crippen LogP contribution in [0, 0.1) is 6.92 Å². The van der Waals surface area contributed by atoms with Crippen LogP contribution in [-0.4, -0.2) is 29.8 Å². The summed E-state index contributed by atoms with van der Waals surface area (Å²) in [5.74, 6) is 1.17. The number of methoxy groups -OCH3 is 1. The fourth-order valence-corrected chi connectivity index (χ4v) is 2.29. The molecule has 0 saturated heterocycles. The summed E-state index contributed by atoms with van der Waals surface area (Å²) in [6.45, 7) is 3.94. The average Bonchev–Trinajstić information content (AvgIpc) is 2.92. The van der Waals surface area contributed by atoms with Gasteiger partial charge >= 0.3 is 5.97 Å². The Hall–Kier alpha value is -2.09. The predicted molar refractivity (Wildman–Crippen MR) is 80.0 cm³/mol. The predicted octanol–water partition coefficient (Wildman–Crippen LogP) is 2.90. The highest BCUT2D eigenvalue weighted by Crippen LogP contribution is 2.36. The van der Waals surface area contributed by atoms with Crippen LogP contribution in [0.3, 0.4) is 0 Å². The number of ether oxygens (including phenoxy) is 3. The quantitative estimate of drug-likeness (QED) is 0.722. The number of hydrogen-bond acceptors (Lipinski definition) is 7. The van der Waals surface area contributed by atoms with Gasteiger partial charge < -0.3 is 18.7 Å². The molecule has 0 aliphatic carbocycles. The minimum Gasteiger partial charge on any atom is -0.493 e. The SMILES string of the molecule is CCOc1c(Br)cc(C(=O)OCc2nc(C)no2)cc1OC. The summed E-state index contributed by atoms with van der Waals surface area (Å²) in [5.41, 5.74) is 0.323. The molecular weight excluding hydrogens is 356 g/mol. The number of esters is 1. The zero-order valence-electron chi connectivity index (χ0n) is 12.4. The smallest absolute Gasteiger partial charge is 0.338 e. The monoisotopic (exact) mass is 370 g/mol. The number of hydrogen-bond donors (Lipinski definition) is 0. The lowest BCUT2D eigenvalue weighted by molar-refractivity contribution is 0.0429. The minimum absolute atomic E-state index is 0.0905. The molecule has 1 aromatic heterocycles. The fraction of sp³-hybridized carbons (Fsp3) is 0.357. The van der Waals surface area contributed by atoms with Crippen LogP contribution in [0.25, 0.3) is 0 Å². The second-order valence-corrected chi connectivity index (χ2v) is 5.09. The molecular formula is C14H15BrN2O5. The van der Waals surface area contributed by atoms with Crippen LogP contribution >= 0.6 is 15.9 Å². The molecule has 0 spiro atoms. The Morgan fingerprint density at radius 3 is 2.77 bits per heavy atom. The number of aromatic nitrogens is 2. The van der Waals surface area contributed by atoms with Crippen molar-refractivity contribution in [1.29, 1.82) is 0 Å². The molecule has 0 bridgehead atoms. The van der Waals surface area contributed by atoms with Gasteiger partial charge in [0.05, 0.1) is 23.8 Å². The van der Waals surface area contributed by atoms with E-state index in [9.17, 15) is 4.79 Å². The van der Waals surface area contributed by atoms with E-state index >= 15 is 0 Å². The van der Waals surface area contributed by atoms with Crippen molar-refractivity contribution in [3.8, 4) is 11.5 Å². The van der Waals surface area contributed by atoms with Crippen molar-refractivity contribution in [1.82, 2.24) is 10.1 Å². The summed E-state index contributed by atoms with van der Waals surface area (Å²) in [7, 11) is 1.50. The number of aryl methyl sites for hydroxylation is 1. The third-order valence-electron chi connectivity index (χ3n) is 2.65. The lowest BCUT2D eigenvalue weighted by atomic mass is 10.2. The van der Waals surface area contributed by atoms with E-state index in [1.165, 1.54) is 7.11 Å². The maximum Gasteiger partial charge on any atom is 0.338 e. The molecule has 2 rings (SSSR count). The topological polar surface area (TPSA) is 83.7 Å². The van der Waals surface area contributed by atoms with Crippen molar-refractivity contribution in [3.05, 3.63) is 33.9 Å². The van der Waals surface area contributed by atoms with Crippen molar-refractivity contribution >= 4 is 21.9 Å². The summed E-state index contributed by atoms with van der Waals surface area (Å²) in [4.78, 5) is 16.0. The first-order valence-corrected chi connectivity index (χ1v) is 7.31. The lowest BCUT2D eigenvalue weighted by Crippen LogP contribution is -2.07. The Morgan fingerprint density at radius 2 is 2.18 bits per heavy atom. The summed E-state index contributed by atoms with van der Waals surface area (Å²) < 4.78 is 21.3. The molecule has 7 nitrogen and oxygen atoms in total.